The summed E-state index contributed by atoms with van der Waals surface area (Å²) in [5.74, 6) is -0.934. The summed E-state index contributed by atoms with van der Waals surface area (Å²) in [5, 5.41) is 8.70. The van der Waals surface area contributed by atoms with E-state index in [9.17, 15) is 18.0 Å². The van der Waals surface area contributed by atoms with Gasteiger partial charge >= 0.3 is 12.0 Å². The van der Waals surface area contributed by atoms with Crippen LogP contribution in [0.2, 0.25) is 0 Å². The van der Waals surface area contributed by atoms with Crippen molar-refractivity contribution in [3.05, 3.63) is 0 Å². The molecule has 0 saturated carbocycles. The molecule has 1 saturated heterocycles. The molecule has 1 heterocycles. The number of nitrogens with zero attached hydrogens (tertiary/aromatic N) is 2. The number of hydrogen-bond donors (Lipinski definition) is 1. The van der Waals surface area contributed by atoms with E-state index in [4.69, 9.17) is 5.11 Å². The van der Waals surface area contributed by atoms with Crippen LogP contribution in [-0.4, -0.2) is 74.0 Å². The molecule has 1 rings (SSSR count). The van der Waals surface area contributed by atoms with Gasteiger partial charge in [0.15, 0.2) is 0 Å². The van der Waals surface area contributed by atoms with Gasteiger partial charge in [-0.1, -0.05) is 0 Å². The van der Waals surface area contributed by atoms with Gasteiger partial charge in [0, 0.05) is 39.4 Å². The SMILES string of the molecule is CN(CCS(C)(=O)=O)C(=O)N1CCC(CC(=O)O)C1. The lowest BCUT2D eigenvalue weighted by atomic mass is 10.1. The van der Waals surface area contributed by atoms with Crippen LogP contribution in [0, 0.1) is 5.92 Å². The number of carbonyl (C=O) groups is 2. The fourth-order valence-electron chi connectivity index (χ4n) is 2.06. The van der Waals surface area contributed by atoms with Crippen molar-refractivity contribution in [2.45, 2.75) is 12.8 Å². The van der Waals surface area contributed by atoms with Gasteiger partial charge in [-0.2, -0.15) is 0 Å². The van der Waals surface area contributed by atoms with Gasteiger partial charge in [0.1, 0.15) is 9.84 Å². The Kier molecular flexibility index (Phi) is 5.16. The molecule has 1 atom stereocenters. The highest BCUT2D eigenvalue weighted by atomic mass is 32.2. The Labute approximate surface area is 113 Å². The molecule has 7 nitrogen and oxygen atoms in total. The van der Waals surface area contributed by atoms with Crippen molar-refractivity contribution >= 4 is 21.8 Å². The van der Waals surface area contributed by atoms with Crippen molar-refractivity contribution < 1.29 is 23.1 Å². The first kappa shape index (κ1) is 15.7. The topological polar surface area (TPSA) is 95.0 Å². The quantitative estimate of drug-likeness (QED) is 0.762. The molecule has 2 amide bonds. The molecular formula is C11H20N2O5S. The number of urea groups is 1. The maximum atomic E-state index is 12.0. The lowest BCUT2D eigenvalue weighted by Gasteiger charge is -2.24. The summed E-state index contributed by atoms with van der Waals surface area (Å²) in [6.45, 7) is 1.10. The number of rotatable bonds is 5. The monoisotopic (exact) mass is 292 g/mol. The van der Waals surface area contributed by atoms with E-state index in [1.165, 1.54) is 4.90 Å². The lowest BCUT2D eigenvalue weighted by molar-refractivity contribution is -0.138. The van der Waals surface area contributed by atoms with Crippen LogP contribution in [0.15, 0.2) is 0 Å². The Morgan fingerprint density at radius 3 is 2.58 bits per heavy atom. The lowest BCUT2D eigenvalue weighted by Crippen LogP contribution is -2.41. The van der Waals surface area contributed by atoms with Gasteiger partial charge in [-0.05, 0) is 12.3 Å². The molecule has 1 aliphatic heterocycles. The maximum absolute atomic E-state index is 12.0. The van der Waals surface area contributed by atoms with Gasteiger partial charge in [-0.25, -0.2) is 13.2 Å². The number of likely N-dealkylation sites (tertiary alicyclic amines) is 1. The van der Waals surface area contributed by atoms with Gasteiger partial charge in [0.25, 0.3) is 0 Å². The van der Waals surface area contributed by atoms with Crippen molar-refractivity contribution in [3.63, 3.8) is 0 Å². The van der Waals surface area contributed by atoms with Gasteiger partial charge in [0.05, 0.1) is 5.75 Å². The van der Waals surface area contributed by atoms with E-state index in [1.54, 1.807) is 11.9 Å². The maximum Gasteiger partial charge on any atom is 0.319 e. The number of carboxylic acid groups (broad SMARTS) is 1. The second-order valence-electron chi connectivity index (χ2n) is 5.03. The fourth-order valence-corrected chi connectivity index (χ4v) is 2.67. The summed E-state index contributed by atoms with van der Waals surface area (Å²) in [6, 6.07) is -0.239. The molecule has 1 aliphatic rings. The first-order valence-electron chi connectivity index (χ1n) is 6.08. The summed E-state index contributed by atoms with van der Waals surface area (Å²) in [7, 11) is -1.54. The third kappa shape index (κ3) is 5.46. The molecule has 0 bridgehead atoms. The number of amides is 2. The first-order chi connectivity index (χ1) is 8.69. The minimum absolute atomic E-state index is 0.00948. The molecule has 0 spiro atoms. The summed E-state index contributed by atoms with van der Waals surface area (Å²) in [5.41, 5.74) is 0. The smallest absolute Gasteiger partial charge is 0.319 e. The van der Waals surface area contributed by atoms with Crippen LogP contribution in [0.5, 0.6) is 0 Å². The van der Waals surface area contributed by atoms with Crippen LogP contribution in [0.4, 0.5) is 4.79 Å². The molecule has 110 valence electrons. The van der Waals surface area contributed by atoms with Crippen molar-refractivity contribution in [3.8, 4) is 0 Å². The van der Waals surface area contributed by atoms with E-state index in [2.05, 4.69) is 0 Å². The molecule has 19 heavy (non-hydrogen) atoms. The predicted octanol–water partition coefficient (Wildman–Crippen LogP) is -0.121. The van der Waals surface area contributed by atoms with Crippen LogP contribution >= 0.6 is 0 Å². The molecule has 8 heteroatoms. The zero-order valence-corrected chi connectivity index (χ0v) is 12.0. The molecular weight excluding hydrogens is 272 g/mol. The molecule has 1 N–H and O–H groups in total. The number of carboxylic acids is 1. The standard InChI is InChI=1S/C11H20N2O5S/c1-12(5-6-19(2,17)18)11(16)13-4-3-9(8-13)7-10(14)15/h9H,3-8H2,1-2H3,(H,14,15). The number of hydrogen-bond acceptors (Lipinski definition) is 4. The highest BCUT2D eigenvalue weighted by molar-refractivity contribution is 7.90. The van der Waals surface area contributed by atoms with Crippen molar-refractivity contribution in [2.75, 3.05) is 38.7 Å². The Morgan fingerprint density at radius 2 is 2.05 bits per heavy atom. The Balaban J connectivity index is 2.44. The van der Waals surface area contributed by atoms with E-state index < -0.39 is 15.8 Å². The average Bonchev–Trinajstić information content (AvgIpc) is 2.71. The zero-order valence-electron chi connectivity index (χ0n) is 11.2. The van der Waals surface area contributed by atoms with Crippen LogP contribution in [0.3, 0.4) is 0 Å². The van der Waals surface area contributed by atoms with Crippen molar-refractivity contribution in [1.82, 2.24) is 9.80 Å². The van der Waals surface area contributed by atoms with Crippen molar-refractivity contribution in [2.24, 2.45) is 5.92 Å². The van der Waals surface area contributed by atoms with Gasteiger partial charge in [-0.15, -0.1) is 0 Å². The molecule has 0 radical (unpaired) electrons. The third-order valence-corrected chi connectivity index (χ3v) is 4.07. The number of carbonyl (C=O) groups excluding carboxylic acids is 1. The van der Waals surface area contributed by atoms with Crippen LogP contribution in [0.25, 0.3) is 0 Å². The van der Waals surface area contributed by atoms with E-state index >= 15 is 0 Å². The molecule has 1 fully saturated rings. The normalized spacial score (nSPS) is 19.5. The fraction of sp³-hybridized carbons (Fsp3) is 0.818. The molecule has 0 aromatic heterocycles. The molecule has 0 aromatic carbocycles. The average molecular weight is 292 g/mol. The molecule has 1 unspecified atom stereocenters. The van der Waals surface area contributed by atoms with Crippen LogP contribution < -0.4 is 0 Å². The minimum atomic E-state index is -3.09. The Hall–Kier alpha value is -1.31. The zero-order chi connectivity index (χ0) is 14.6. The predicted molar refractivity (Wildman–Crippen MR) is 69.7 cm³/mol. The van der Waals surface area contributed by atoms with E-state index in [1.807, 2.05) is 0 Å². The largest absolute Gasteiger partial charge is 0.481 e. The molecule has 0 aromatic rings. The van der Waals surface area contributed by atoms with E-state index in [0.717, 1.165) is 6.26 Å². The van der Waals surface area contributed by atoms with E-state index in [-0.39, 0.29) is 30.7 Å². The summed E-state index contributed by atoms with van der Waals surface area (Å²) in [4.78, 5) is 25.5. The second-order valence-corrected chi connectivity index (χ2v) is 7.29. The third-order valence-electron chi connectivity index (χ3n) is 3.14. The minimum Gasteiger partial charge on any atom is -0.481 e. The molecule has 0 aliphatic carbocycles. The van der Waals surface area contributed by atoms with Crippen LogP contribution in [0.1, 0.15) is 12.8 Å². The Bertz CT molecular complexity index is 448. The van der Waals surface area contributed by atoms with E-state index in [0.29, 0.717) is 19.5 Å². The summed E-state index contributed by atoms with van der Waals surface area (Å²) < 4.78 is 22.1. The Morgan fingerprint density at radius 1 is 1.42 bits per heavy atom. The van der Waals surface area contributed by atoms with Gasteiger partial charge in [0.2, 0.25) is 0 Å². The first-order valence-corrected chi connectivity index (χ1v) is 8.14. The summed E-state index contributed by atoms with van der Waals surface area (Å²) >= 11 is 0. The van der Waals surface area contributed by atoms with Gasteiger partial charge < -0.3 is 14.9 Å². The van der Waals surface area contributed by atoms with Crippen LogP contribution in [-0.2, 0) is 14.6 Å². The summed E-state index contributed by atoms with van der Waals surface area (Å²) in [6.07, 6.45) is 1.87. The van der Waals surface area contributed by atoms with Crippen molar-refractivity contribution in [1.29, 1.82) is 0 Å². The highest BCUT2D eigenvalue weighted by Crippen LogP contribution is 2.20. The number of aliphatic carboxylic acids is 1. The number of sulfone groups is 1. The van der Waals surface area contributed by atoms with Gasteiger partial charge in [-0.3, -0.25) is 4.79 Å². The second kappa shape index (κ2) is 6.23. The highest BCUT2D eigenvalue weighted by Gasteiger charge is 2.29.